The van der Waals surface area contributed by atoms with E-state index in [0.717, 1.165) is 29.7 Å². The van der Waals surface area contributed by atoms with E-state index in [9.17, 15) is 13.5 Å². The highest BCUT2D eigenvalue weighted by molar-refractivity contribution is 7.86. The van der Waals surface area contributed by atoms with Crippen LogP contribution in [0.1, 0.15) is 104 Å². The highest BCUT2D eigenvalue weighted by Gasteiger charge is 2.17. The molecule has 210 valence electrons. The van der Waals surface area contributed by atoms with Gasteiger partial charge in [0.05, 0.1) is 18.1 Å². The standard InChI is InChI=1S/C30H54O5S/c1-24(2)10-7-11-25(3)12-8-13-26(4)14-9-15-27(5)20-21-34-22-29(31)23-35-36(32,33)30-18-16-28(6)17-19-30/h16-19,24-27,29,31H,7-15,20-23H2,1-6H3. The lowest BCUT2D eigenvalue weighted by atomic mass is 9.91. The van der Waals surface area contributed by atoms with Gasteiger partial charge in [-0.05, 0) is 49.1 Å². The molecule has 5 nitrogen and oxygen atoms in total. The highest BCUT2D eigenvalue weighted by Crippen LogP contribution is 2.22. The van der Waals surface area contributed by atoms with Crippen LogP contribution in [-0.2, 0) is 19.0 Å². The summed E-state index contributed by atoms with van der Waals surface area (Å²) in [6.07, 6.45) is 11.9. The van der Waals surface area contributed by atoms with Gasteiger partial charge >= 0.3 is 0 Å². The van der Waals surface area contributed by atoms with E-state index < -0.39 is 16.2 Å². The van der Waals surface area contributed by atoms with Gasteiger partial charge < -0.3 is 9.84 Å². The monoisotopic (exact) mass is 526 g/mol. The minimum atomic E-state index is -3.87. The van der Waals surface area contributed by atoms with E-state index in [0.29, 0.717) is 12.5 Å². The van der Waals surface area contributed by atoms with Gasteiger partial charge in [0.25, 0.3) is 10.1 Å². The second kappa shape index (κ2) is 18.3. The van der Waals surface area contributed by atoms with Crippen LogP contribution < -0.4 is 0 Å². The fourth-order valence-corrected chi connectivity index (χ4v) is 5.37. The van der Waals surface area contributed by atoms with Gasteiger partial charge in [-0.25, -0.2) is 0 Å². The summed E-state index contributed by atoms with van der Waals surface area (Å²) in [6.45, 7) is 13.9. The first-order valence-corrected chi connectivity index (χ1v) is 15.6. The molecular formula is C30H54O5S. The second-order valence-corrected chi connectivity index (χ2v) is 13.2. The Labute approximate surface area is 222 Å². The predicted molar refractivity (Wildman–Crippen MR) is 150 cm³/mol. The van der Waals surface area contributed by atoms with Gasteiger partial charge in [0.2, 0.25) is 0 Å². The molecule has 0 saturated carbocycles. The third kappa shape index (κ3) is 16.0. The first kappa shape index (κ1) is 33.1. The van der Waals surface area contributed by atoms with E-state index in [1.54, 1.807) is 12.1 Å². The molecular weight excluding hydrogens is 472 g/mol. The lowest BCUT2D eigenvalue weighted by Gasteiger charge is -2.17. The summed E-state index contributed by atoms with van der Waals surface area (Å²) in [7, 11) is -3.87. The van der Waals surface area contributed by atoms with Gasteiger partial charge in [-0.2, -0.15) is 8.42 Å². The number of aryl methyl sites for hydroxylation is 1. The molecule has 0 heterocycles. The number of aliphatic hydroxyl groups is 1. The third-order valence-corrected chi connectivity index (χ3v) is 8.35. The van der Waals surface area contributed by atoms with E-state index in [4.69, 9.17) is 8.92 Å². The Morgan fingerprint density at radius 1 is 0.722 bits per heavy atom. The number of hydrogen-bond donors (Lipinski definition) is 1. The molecule has 4 atom stereocenters. The molecule has 1 aromatic rings. The Hall–Kier alpha value is -0.950. The van der Waals surface area contributed by atoms with Crippen LogP contribution in [0.25, 0.3) is 0 Å². The number of rotatable bonds is 21. The Morgan fingerprint density at radius 3 is 1.69 bits per heavy atom. The van der Waals surface area contributed by atoms with Crippen molar-refractivity contribution in [3.05, 3.63) is 29.8 Å². The number of ether oxygens (including phenoxy) is 1. The average Bonchev–Trinajstić information content (AvgIpc) is 2.80. The molecule has 0 radical (unpaired) electrons. The topological polar surface area (TPSA) is 72.8 Å². The van der Waals surface area contributed by atoms with Crippen LogP contribution in [0.2, 0.25) is 0 Å². The van der Waals surface area contributed by atoms with Crippen LogP contribution in [-0.4, -0.2) is 39.4 Å². The Bertz CT molecular complexity index is 775. The molecule has 0 aliphatic carbocycles. The average molecular weight is 527 g/mol. The van der Waals surface area contributed by atoms with Gasteiger partial charge in [-0.1, -0.05) is 110 Å². The van der Waals surface area contributed by atoms with Crippen LogP contribution in [0.15, 0.2) is 29.2 Å². The molecule has 0 amide bonds. The molecule has 6 heteroatoms. The lowest BCUT2D eigenvalue weighted by molar-refractivity contribution is 0.00966. The molecule has 1 rings (SSSR count). The van der Waals surface area contributed by atoms with Crippen molar-refractivity contribution in [2.75, 3.05) is 19.8 Å². The highest BCUT2D eigenvalue weighted by atomic mass is 32.2. The van der Waals surface area contributed by atoms with Gasteiger partial charge in [-0.15, -0.1) is 0 Å². The molecule has 4 unspecified atom stereocenters. The van der Waals surface area contributed by atoms with Crippen LogP contribution in [0.4, 0.5) is 0 Å². The van der Waals surface area contributed by atoms with Crippen molar-refractivity contribution >= 4 is 10.1 Å². The predicted octanol–water partition coefficient (Wildman–Crippen LogP) is 7.54. The van der Waals surface area contributed by atoms with E-state index in [1.165, 1.54) is 69.9 Å². The quantitative estimate of drug-likeness (QED) is 0.132. The maximum atomic E-state index is 12.2. The van der Waals surface area contributed by atoms with Crippen LogP contribution in [0.3, 0.4) is 0 Å². The molecule has 1 N–H and O–H groups in total. The maximum Gasteiger partial charge on any atom is 0.297 e. The van der Waals surface area contributed by atoms with Crippen LogP contribution in [0, 0.1) is 30.6 Å². The van der Waals surface area contributed by atoms with E-state index in [2.05, 4.69) is 34.6 Å². The fourth-order valence-electron chi connectivity index (χ4n) is 4.43. The van der Waals surface area contributed by atoms with Crippen molar-refractivity contribution in [1.82, 2.24) is 0 Å². The summed E-state index contributed by atoms with van der Waals surface area (Å²) in [4.78, 5) is 0.0935. The zero-order valence-corrected chi connectivity index (χ0v) is 24.7. The molecule has 0 spiro atoms. The molecule has 0 bridgehead atoms. The molecule has 0 fully saturated rings. The van der Waals surface area contributed by atoms with E-state index in [1.807, 2.05) is 6.92 Å². The molecule has 0 aliphatic heterocycles. The summed E-state index contributed by atoms with van der Waals surface area (Å²) in [5, 5.41) is 10.0. The summed E-state index contributed by atoms with van der Waals surface area (Å²) in [5.74, 6) is 3.06. The summed E-state index contributed by atoms with van der Waals surface area (Å²) in [6, 6.07) is 6.45. The smallest absolute Gasteiger partial charge is 0.297 e. The van der Waals surface area contributed by atoms with Crippen molar-refractivity contribution in [3.8, 4) is 0 Å². The first-order valence-electron chi connectivity index (χ1n) is 14.2. The van der Waals surface area contributed by atoms with Gasteiger partial charge in [0.1, 0.15) is 6.10 Å². The Balaban J connectivity index is 2.06. The second-order valence-electron chi connectivity index (χ2n) is 11.6. The van der Waals surface area contributed by atoms with Gasteiger partial charge in [-0.3, -0.25) is 4.18 Å². The fraction of sp³-hybridized carbons (Fsp3) is 0.800. The normalized spacial score (nSPS) is 15.7. The van der Waals surface area contributed by atoms with Crippen LogP contribution in [0.5, 0.6) is 0 Å². The largest absolute Gasteiger partial charge is 0.388 e. The zero-order chi connectivity index (χ0) is 27.0. The molecule has 0 aliphatic rings. The maximum absolute atomic E-state index is 12.2. The summed E-state index contributed by atoms with van der Waals surface area (Å²) >= 11 is 0. The van der Waals surface area contributed by atoms with E-state index >= 15 is 0 Å². The van der Waals surface area contributed by atoms with E-state index in [-0.39, 0.29) is 18.1 Å². The minimum absolute atomic E-state index is 0.0725. The first-order chi connectivity index (χ1) is 17.0. The van der Waals surface area contributed by atoms with Crippen LogP contribution >= 0.6 is 0 Å². The lowest BCUT2D eigenvalue weighted by Crippen LogP contribution is -2.24. The molecule has 0 aromatic heterocycles. The summed E-state index contributed by atoms with van der Waals surface area (Å²) in [5.41, 5.74) is 0.971. The number of hydrogen-bond acceptors (Lipinski definition) is 5. The third-order valence-electron chi connectivity index (χ3n) is 7.06. The number of benzene rings is 1. The van der Waals surface area contributed by atoms with Crippen molar-refractivity contribution in [3.63, 3.8) is 0 Å². The zero-order valence-electron chi connectivity index (χ0n) is 23.9. The molecule has 1 aromatic carbocycles. The molecule has 0 saturated heterocycles. The minimum Gasteiger partial charge on any atom is -0.388 e. The summed E-state index contributed by atoms with van der Waals surface area (Å²) < 4.78 is 34.9. The Kier molecular flexibility index (Phi) is 16.8. The van der Waals surface area contributed by atoms with Gasteiger partial charge in [0, 0.05) is 6.61 Å². The number of aliphatic hydroxyl groups excluding tert-OH is 1. The molecule has 36 heavy (non-hydrogen) atoms. The van der Waals surface area contributed by atoms with Crippen molar-refractivity contribution in [1.29, 1.82) is 0 Å². The van der Waals surface area contributed by atoms with Crippen molar-refractivity contribution in [2.45, 2.75) is 117 Å². The van der Waals surface area contributed by atoms with Crippen molar-refractivity contribution < 1.29 is 22.4 Å². The van der Waals surface area contributed by atoms with Gasteiger partial charge in [0.15, 0.2) is 0 Å². The van der Waals surface area contributed by atoms with Crippen molar-refractivity contribution in [2.24, 2.45) is 23.7 Å². The SMILES string of the molecule is Cc1ccc(S(=O)(=O)OCC(O)COCCC(C)CCCC(C)CCCC(C)CCCC(C)C)cc1. The Morgan fingerprint density at radius 2 is 1.19 bits per heavy atom.